The monoisotopic (exact) mass is 203 g/mol. The Morgan fingerprint density at radius 2 is 2.14 bits per heavy atom. The van der Waals surface area contributed by atoms with Crippen LogP contribution >= 0.6 is 0 Å². The Kier molecular flexibility index (Phi) is 6.74. The number of esters is 1. The van der Waals surface area contributed by atoms with Crippen molar-refractivity contribution < 1.29 is 19.4 Å². The van der Waals surface area contributed by atoms with E-state index in [9.17, 15) is 9.59 Å². The molecular formula is C9H17NO4. The molecule has 0 rings (SSSR count). The highest BCUT2D eigenvalue weighted by molar-refractivity contribution is 5.84. The summed E-state index contributed by atoms with van der Waals surface area (Å²) >= 11 is 0. The van der Waals surface area contributed by atoms with Crippen molar-refractivity contribution in [1.82, 2.24) is 5.32 Å². The SMILES string of the molecule is CCCC[C@@H](NC(=O)CO)C(=O)OC. The zero-order valence-corrected chi connectivity index (χ0v) is 8.58. The zero-order valence-electron chi connectivity index (χ0n) is 8.58. The van der Waals surface area contributed by atoms with Crippen LogP contribution in [0, 0.1) is 0 Å². The minimum atomic E-state index is -0.639. The summed E-state index contributed by atoms with van der Waals surface area (Å²) in [5, 5.41) is 10.9. The van der Waals surface area contributed by atoms with Gasteiger partial charge in [-0.15, -0.1) is 0 Å². The largest absolute Gasteiger partial charge is 0.467 e. The van der Waals surface area contributed by atoms with Crippen molar-refractivity contribution in [1.29, 1.82) is 0 Å². The smallest absolute Gasteiger partial charge is 0.328 e. The highest BCUT2D eigenvalue weighted by atomic mass is 16.5. The van der Waals surface area contributed by atoms with Crippen LogP contribution in [-0.2, 0) is 14.3 Å². The van der Waals surface area contributed by atoms with E-state index in [4.69, 9.17) is 5.11 Å². The molecule has 0 aliphatic rings. The van der Waals surface area contributed by atoms with Crippen molar-refractivity contribution in [2.45, 2.75) is 32.2 Å². The first-order chi connectivity index (χ1) is 6.65. The number of hydrogen-bond acceptors (Lipinski definition) is 4. The first kappa shape index (κ1) is 12.9. The molecule has 1 amide bonds. The molecule has 2 N–H and O–H groups in total. The quantitative estimate of drug-likeness (QED) is 0.587. The fourth-order valence-electron chi connectivity index (χ4n) is 1.04. The van der Waals surface area contributed by atoms with Gasteiger partial charge < -0.3 is 15.2 Å². The molecule has 0 aromatic rings. The Morgan fingerprint density at radius 1 is 1.50 bits per heavy atom. The molecule has 0 aliphatic heterocycles. The highest BCUT2D eigenvalue weighted by Gasteiger charge is 2.19. The van der Waals surface area contributed by atoms with Crippen molar-refractivity contribution in [2.24, 2.45) is 0 Å². The number of nitrogens with one attached hydrogen (secondary N) is 1. The third-order valence-corrected chi connectivity index (χ3v) is 1.81. The summed E-state index contributed by atoms with van der Waals surface area (Å²) in [7, 11) is 1.27. The van der Waals surface area contributed by atoms with Gasteiger partial charge in [0.15, 0.2) is 0 Å². The second-order valence-corrected chi connectivity index (χ2v) is 2.94. The van der Waals surface area contributed by atoms with E-state index in [1.54, 1.807) is 0 Å². The van der Waals surface area contributed by atoms with Gasteiger partial charge >= 0.3 is 5.97 Å². The highest BCUT2D eigenvalue weighted by Crippen LogP contribution is 2.02. The molecule has 14 heavy (non-hydrogen) atoms. The molecule has 5 nitrogen and oxygen atoms in total. The first-order valence-electron chi connectivity index (χ1n) is 4.63. The van der Waals surface area contributed by atoms with Gasteiger partial charge in [-0.1, -0.05) is 19.8 Å². The van der Waals surface area contributed by atoms with Crippen LogP contribution in [0.25, 0.3) is 0 Å². The van der Waals surface area contributed by atoms with Gasteiger partial charge in [-0.3, -0.25) is 4.79 Å². The number of carbonyl (C=O) groups is 2. The number of amides is 1. The van der Waals surface area contributed by atoms with Crippen LogP contribution in [0.5, 0.6) is 0 Å². The van der Waals surface area contributed by atoms with Crippen molar-refractivity contribution in [3.05, 3.63) is 0 Å². The summed E-state index contributed by atoms with van der Waals surface area (Å²) < 4.78 is 4.52. The Morgan fingerprint density at radius 3 is 2.57 bits per heavy atom. The number of carbonyl (C=O) groups excluding carboxylic acids is 2. The van der Waals surface area contributed by atoms with E-state index in [-0.39, 0.29) is 0 Å². The molecule has 1 atom stereocenters. The number of aliphatic hydroxyl groups is 1. The third-order valence-electron chi connectivity index (χ3n) is 1.81. The van der Waals surface area contributed by atoms with Crippen molar-refractivity contribution in [3.8, 4) is 0 Å². The Hall–Kier alpha value is -1.10. The maximum Gasteiger partial charge on any atom is 0.328 e. The van der Waals surface area contributed by atoms with Crippen LogP contribution in [0.3, 0.4) is 0 Å². The molecular weight excluding hydrogens is 186 g/mol. The molecule has 0 spiro atoms. The number of hydrogen-bond donors (Lipinski definition) is 2. The van der Waals surface area contributed by atoms with E-state index in [1.165, 1.54) is 7.11 Å². The number of methoxy groups -OCH3 is 1. The summed E-state index contributed by atoms with van der Waals surface area (Å²) in [6, 6.07) is -0.639. The zero-order chi connectivity index (χ0) is 11.0. The summed E-state index contributed by atoms with van der Waals surface area (Å²) in [6.07, 6.45) is 2.29. The normalized spacial score (nSPS) is 11.9. The minimum Gasteiger partial charge on any atom is -0.467 e. The molecule has 0 aromatic heterocycles. The Bertz CT molecular complexity index is 193. The lowest BCUT2D eigenvalue weighted by Gasteiger charge is -2.15. The second kappa shape index (κ2) is 7.32. The molecule has 0 aromatic carbocycles. The lowest BCUT2D eigenvalue weighted by Crippen LogP contribution is -2.42. The van der Waals surface area contributed by atoms with Gasteiger partial charge in [0, 0.05) is 0 Å². The molecule has 0 unspecified atom stereocenters. The first-order valence-corrected chi connectivity index (χ1v) is 4.63. The minimum absolute atomic E-state index is 0.472. The molecule has 0 radical (unpaired) electrons. The maximum atomic E-state index is 11.2. The van der Waals surface area contributed by atoms with Crippen LogP contribution in [-0.4, -0.2) is 36.7 Å². The summed E-state index contributed by atoms with van der Waals surface area (Å²) in [4.78, 5) is 22.0. The topological polar surface area (TPSA) is 75.6 Å². The number of ether oxygens (including phenoxy) is 1. The van der Waals surface area contributed by atoms with Gasteiger partial charge in [0.25, 0.3) is 0 Å². The Labute approximate surface area is 83.4 Å². The third kappa shape index (κ3) is 4.81. The van der Waals surface area contributed by atoms with Crippen LogP contribution < -0.4 is 5.32 Å². The summed E-state index contributed by atoms with van der Waals surface area (Å²) in [6.45, 7) is 1.38. The van der Waals surface area contributed by atoms with Crippen molar-refractivity contribution >= 4 is 11.9 Å². The lowest BCUT2D eigenvalue weighted by atomic mass is 10.1. The van der Waals surface area contributed by atoms with Gasteiger partial charge in [0.2, 0.25) is 5.91 Å². The predicted molar refractivity (Wildman–Crippen MR) is 50.6 cm³/mol. The van der Waals surface area contributed by atoms with E-state index >= 15 is 0 Å². The van der Waals surface area contributed by atoms with Crippen LogP contribution in [0.2, 0.25) is 0 Å². The molecule has 5 heteroatoms. The van der Waals surface area contributed by atoms with E-state index in [0.29, 0.717) is 6.42 Å². The molecule has 0 saturated carbocycles. The average molecular weight is 203 g/mol. The summed E-state index contributed by atoms with van der Waals surface area (Å²) in [5.41, 5.74) is 0. The van der Waals surface area contributed by atoms with E-state index < -0.39 is 24.5 Å². The molecule has 0 fully saturated rings. The average Bonchev–Trinajstić information content (AvgIpc) is 2.22. The number of rotatable bonds is 6. The van der Waals surface area contributed by atoms with Crippen molar-refractivity contribution in [3.63, 3.8) is 0 Å². The fourth-order valence-corrected chi connectivity index (χ4v) is 1.04. The van der Waals surface area contributed by atoms with Gasteiger partial charge in [-0.2, -0.15) is 0 Å². The molecule has 82 valence electrons. The number of aliphatic hydroxyl groups excluding tert-OH is 1. The maximum absolute atomic E-state index is 11.2. The fraction of sp³-hybridized carbons (Fsp3) is 0.778. The van der Waals surface area contributed by atoms with E-state index in [0.717, 1.165) is 12.8 Å². The van der Waals surface area contributed by atoms with Gasteiger partial charge in [0.05, 0.1) is 7.11 Å². The number of unbranched alkanes of at least 4 members (excludes halogenated alkanes) is 1. The second-order valence-electron chi connectivity index (χ2n) is 2.94. The standard InChI is InChI=1S/C9H17NO4/c1-3-4-5-7(9(13)14-2)10-8(12)6-11/h7,11H,3-6H2,1-2H3,(H,10,12)/t7-/m1/s1. The predicted octanol–water partition coefficient (Wildman–Crippen LogP) is -0.173. The lowest BCUT2D eigenvalue weighted by molar-refractivity contribution is -0.145. The summed E-state index contributed by atoms with van der Waals surface area (Å²) in [5.74, 6) is -1.03. The van der Waals surface area contributed by atoms with Crippen LogP contribution in [0.4, 0.5) is 0 Å². The van der Waals surface area contributed by atoms with E-state index in [1.807, 2.05) is 6.92 Å². The van der Waals surface area contributed by atoms with Gasteiger partial charge in [0.1, 0.15) is 12.6 Å². The van der Waals surface area contributed by atoms with Crippen LogP contribution in [0.15, 0.2) is 0 Å². The van der Waals surface area contributed by atoms with E-state index in [2.05, 4.69) is 10.1 Å². The van der Waals surface area contributed by atoms with Gasteiger partial charge in [-0.05, 0) is 6.42 Å². The van der Waals surface area contributed by atoms with Crippen molar-refractivity contribution in [2.75, 3.05) is 13.7 Å². The molecule has 0 heterocycles. The van der Waals surface area contributed by atoms with Crippen LogP contribution in [0.1, 0.15) is 26.2 Å². The molecule has 0 saturated heterocycles. The molecule has 0 aliphatic carbocycles. The Balaban J connectivity index is 4.09. The molecule has 0 bridgehead atoms. The van der Waals surface area contributed by atoms with Gasteiger partial charge in [-0.25, -0.2) is 4.79 Å².